The van der Waals surface area contributed by atoms with Crippen LogP contribution >= 0.6 is 11.6 Å². The number of aliphatic hydroxyl groups is 3. The van der Waals surface area contributed by atoms with Gasteiger partial charge in [-0.3, -0.25) is 23.5 Å². The number of fused-ring (bicyclic) bond motifs is 1. The molecule has 1 fully saturated rings. The van der Waals surface area contributed by atoms with Crippen molar-refractivity contribution in [1.29, 1.82) is 0 Å². The molecule has 45 heavy (non-hydrogen) atoms. The molecule has 0 saturated carbocycles. The van der Waals surface area contributed by atoms with Crippen molar-refractivity contribution in [3.63, 3.8) is 0 Å². The lowest BCUT2D eigenvalue weighted by molar-refractivity contribution is -0.184. The van der Waals surface area contributed by atoms with Crippen LogP contribution in [0.15, 0.2) is 73.3 Å². The van der Waals surface area contributed by atoms with Crippen LogP contribution in [0.2, 0.25) is 5.28 Å². The fourth-order valence-corrected chi connectivity index (χ4v) is 6.00. The second-order valence-electron chi connectivity index (χ2n) is 10.8. The molecule has 1 unspecified atom stereocenters. The highest BCUT2D eigenvalue weighted by molar-refractivity contribution is 6.28. The Morgan fingerprint density at radius 1 is 0.867 bits per heavy atom. The minimum atomic E-state index is -3.01. The van der Waals surface area contributed by atoms with E-state index in [-0.39, 0.29) is 22.3 Å². The van der Waals surface area contributed by atoms with Crippen molar-refractivity contribution in [3.8, 4) is 28.3 Å². The summed E-state index contributed by atoms with van der Waals surface area (Å²) in [5.74, 6) is -2.86. The van der Waals surface area contributed by atoms with Gasteiger partial charge in [-0.25, -0.2) is 9.97 Å². The van der Waals surface area contributed by atoms with Crippen molar-refractivity contribution >= 4 is 40.1 Å². The van der Waals surface area contributed by atoms with Gasteiger partial charge >= 0.3 is 0 Å². The molecule has 13 nitrogen and oxygen atoms in total. The van der Waals surface area contributed by atoms with Crippen molar-refractivity contribution in [2.45, 2.75) is 50.4 Å². The number of halogens is 1. The van der Waals surface area contributed by atoms with Crippen LogP contribution in [0.25, 0.3) is 39.5 Å². The molecule has 5 aromatic rings. The molecule has 0 radical (unpaired) electrons. The summed E-state index contributed by atoms with van der Waals surface area (Å²) in [6, 6.07) is 18.9. The first-order valence-corrected chi connectivity index (χ1v) is 14.2. The van der Waals surface area contributed by atoms with Gasteiger partial charge in [-0.1, -0.05) is 60.7 Å². The Bertz CT molecular complexity index is 1960. The van der Waals surface area contributed by atoms with Crippen LogP contribution in [0.4, 0.5) is 0 Å². The van der Waals surface area contributed by atoms with Gasteiger partial charge in [0.25, 0.3) is 0 Å². The number of hydrogen-bond donors (Lipinski definition) is 3. The molecular formula is C31H27ClN6O7. The molecule has 5 atom stereocenters. The van der Waals surface area contributed by atoms with Crippen LogP contribution in [0.5, 0.6) is 0 Å². The Kier molecular flexibility index (Phi) is 7.46. The number of ketones is 3. The van der Waals surface area contributed by atoms with Gasteiger partial charge in [0.15, 0.2) is 46.2 Å². The van der Waals surface area contributed by atoms with Crippen LogP contribution in [0, 0.1) is 0 Å². The third kappa shape index (κ3) is 4.51. The lowest BCUT2D eigenvalue weighted by atomic mass is 9.73. The summed E-state index contributed by atoms with van der Waals surface area (Å²) in [4.78, 5) is 55.9. The highest BCUT2D eigenvalue weighted by Gasteiger charge is 2.73. The molecule has 6 rings (SSSR count). The molecule has 1 aliphatic heterocycles. The summed E-state index contributed by atoms with van der Waals surface area (Å²) in [6.07, 6.45) is -3.23. The minimum absolute atomic E-state index is 0.0486. The molecule has 0 aliphatic carbocycles. The summed E-state index contributed by atoms with van der Waals surface area (Å²) in [5.41, 5.74) is -2.98. The number of aliphatic hydroxyl groups excluding tert-OH is 1. The zero-order chi connectivity index (χ0) is 32.3. The smallest absolute Gasteiger partial charge is 0.226 e. The molecule has 230 valence electrons. The predicted octanol–water partition coefficient (Wildman–Crippen LogP) is 2.49. The van der Waals surface area contributed by atoms with Crippen LogP contribution in [-0.2, 0) is 19.1 Å². The van der Waals surface area contributed by atoms with Gasteiger partial charge < -0.3 is 20.1 Å². The SMILES string of the molecule is CC(=O)C(O)[C@H]1O[C@@H](n2cnc3c(-n4cnc(-c5ccccc5)c4-c4ccccc4)nc(Cl)nc32)[C@@](O)(C(C)=O)[C@@]1(O)C(C)=O. The maximum atomic E-state index is 13.0. The molecule has 1 aliphatic rings. The van der Waals surface area contributed by atoms with Crippen LogP contribution in [0.3, 0.4) is 0 Å². The fourth-order valence-electron chi connectivity index (χ4n) is 5.84. The molecule has 0 bridgehead atoms. The van der Waals surface area contributed by atoms with E-state index < -0.39 is 47.0 Å². The monoisotopic (exact) mass is 630 g/mol. The number of carbonyl (C=O) groups excluding carboxylic acids is 3. The fraction of sp³-hybridized carbons (Fsp3) is 0.258. The van der Waals surface area contributed by atoms with Crippen LogP contribution < -0.4 is 0 Å². The lowest BCUT2D eigenvalue weighted by Crippen LogP contribution is -2.67. The van der Waals surface area contributed by atoms with E-state index in [2.05, 4.69) is 19.9 Å². The number of benzene rings is 2. The molecule has 1 saturated heterocycles. The Morgan fingerprint density at radius 3 is 2.04 bits per heavy atom. The zero-order valence-electron chi connectivity index (χ0n) is 24.2. The van der Waals surface area contributed by atoms with E-state index in [1.165, 1.54) is 0 Å². The molecule has 0 spiro atoms. The number of Topliss-reactive ketones (excluding diaryl/α,β-unsaturated/α-hetero) is 3. The third-order valence-electron chi connectivity index (χ3n) is 8.12. The number of imidazole rings is 2. The Morgan fingerprint density at radius 2 is 1.47 bits per heavy atom. The van der Waals surface area contributed by atoms with Crippen LogP contribution in [-0.4, -0.2) is 85.1 Å². The molecule has 0 amide bonds. The van der Waals surface area contributed by atoms with E-state index in [4.69, 9.17) is 16.3 Å². The van der Waals surface area contributed by atoms with Crippen molar-refractivity contribution < 1.29 is 34.4 Å². The highest BCUT2D eigenvalue weighted by Crippen LogP contribution is 2.49. The zero-order valence-corrected chi connectivity index (χ0v) is 25.0. The standard InChI is InChI=1S/C31H27ClN6O7/c1-16(39)24(42)25-30(43,17(2)40)31(44,18(3)41)28(45-25)38-15-34-22-26(35-29(32)36-27(22)38)37-14-33-21(19-10-6-4-7-11-19)23(37)20-12-8-5-9-13-20/h4-15,24-25,28,42-44H,1-3H3/t24?,25-,28-,30-,31+/m1/s1. The van der Waals surface area contributed by atoms with E-state index >= 15 is 0 Å². The predicted molar refractivity (Wildman–Crippen MR) is 160 cm³/mol. The number of ether oxygens (including phenoxy) is 1. The van der Waals surface area contributed by atoms with Gasteiger partial charge in [0, 0.05) is 11.1 Å². The van der Waals surface area contributed by atoms with E-state index in [0.29, 0.717) is 11.4 Å². The molecule has 3 aromatic heterocycles. The first-order chi connectivity index (χ1) is 21.4. The van der Waals surface area contributed by atoms with Crippen molar-refractivity contribution in [1.82, 2.24) is 29.1 Å². The van der Waals surface area contributed by atoms with E-state index in [9.17, 15) is 29.7 Å². The summed E-state index contributed by atoms with van der Waals surface area (Å²) >= 11 is 6.44. The van der Waals surface area contributed by atoms with E-state index in [1.807, 2.05) is 60.7 Å². The minimum Gasteiger partial charge on any atom is -0.382 e. The Balaban J connectivity index is 1.58. The maximum absolute atomic E-state index is 13.0. The average Bonchev–Trinajstić information content (AvgIpc) is 3.71. The Labute approximate surface area is 260 Å². The number of rotatable bonds is 8. The number of aromatic nitrogens is 6. The summed E-state index contributed by atoms with van der Waals surface area (Å²) < 4.78 is 8.59. The quantitative estimate of drug-likeness (QED) is 0.214. The molecule has 3 N–H and O–H groups in total. The first-order valence-electron chi connectivity index (χ1n) is 13.8. The van der Waals surface area contributed by atoms with Gasteiger partial charge in [-0.15, -0.1) is 0 Å². The van der Waals surface area contributed by atoms with Gasteiger partial charge in [-0.2, -0.15) is 9.97 Å². The van der Waals surface area contributed by atoms with Gasteiger partial charge in [0.05, 0.1) is 17.7 Å². The second kappa shape index (κ2) is 11.1. The van der Waals surface area contributed by atoms with Crippen molar-refractivity contribution in [2.24, 2.45) is 0 Å². The van der Waals surface area contributed by atoms with E-state index in [0.717, 1.165) is 42.8 Å². The van der Waals surface area contributed by atoms with Gasteiger partial charge in [-0.05, 0) is 32.4 Å². The summed E-state index contributed by atoms with van der Waals surface area (Å²) in [6.45, 7) is 2.87. The van der Waals surface area contributed by atoms with E-state index in [1.54, 1.807) is 10.9 Å². The third-order valence-corrected chi connectivity index (χ3v) is 8.29. The first kappa shape index (κ1) is 30.4. The van der Waals surface area contributed by atoms with Crippen molar-refractivity contribution in [2.75, 3.05) is 0 Å². The number of nitrogens with zero attached hydrogens (tertiary/aromatic N) is 6. The van der Waals surface area contributed by atoms with Gasteiger partial charge in [0.2, 0.25) is 10.9 Å². The number of hydrogen-bond acceptors (Lipinski definition) is 11. The summed E-state index contributed by atoms with van der Waals surface area (Å²) in [7, 11) is 0. The number of carbonyl (C=O) groups is 3. The Hall–Kier alpha value is -4.66. The molecule has 14 heteroatoms. The second-order valence-corrected chi connectivity index (χ2v) is 11.1. The van der Waals surface area contributed by atoms with Crippen molar-refractivity contribution in [3.05, 3.63) is 78.6 Å². The summed E-state index contributed by atoms with van der Waals surface area (Å²) in [5, 5.41) is 33.8. The maximum Gasteiger partial charge on any atom is 0.226 e. The normalized spacial score (nSPS) is 23.7. The molecule has 2 aromatic carbocycles. The molecular weight excluding hydrogens is 604 g/mol. The van der Waals surface area contributed by atoms with Crippen LogP contribution in [0.1, 0.15) is 27.0 Å². The molecule has 4 heterocycles. The topological polar surface area (TPSA) is 183 Å². The highest BCUT2D eigenvalue weighted by atomic mass is 35.5. The average molecular weight is 631 g/mol. The lowest BCUT2D eigenvalue weighted by Gasteiger charge is -2.37. The largest absolute Gasteiger partial charge is 0.382 e. The van der Waals surface area contributed by atoms with Gasteiger partial charge in [0.1, 0.15) is 18.5 Å².